The van der Waals surface area contributed by atoms with Crippen LogP contribution in [0.2, 0.25) is 5.15 Å². The summed E-state index contributed by atoms with van der Waals surface area (Å²) in [4.78, 5) is 30.0. The van der Waals surface area contributed by atoms with Crippen molar-refractivity contribution in [2.75, 3.05) is 5.32 Å². The fraction of sp³-hybridized carbons (Fsp3) is 0.100. The summed E-state index contributed by atoms with van der Waals surface area (Å²) in [5, 5.41) is 8.64. The fourth-order valence-corrected chi connectivity index (χ4v) is 2.13. The molecule has 0 aliphatic heterocycles. The van der Waals surface area contributed by atoms with Crippen LogP contribution in [0.5, 0.6) is 0 Å². The van der Waals surface area contributed by atoms with E-state index in [4.69, 9.17) is 21.4 Å². The predicted octanol–water partition coefficient (Wildman–Crippen LogP) is 1.60. The highest BCUT2D eigenvalue weighted by Gasteiger charge is 2.22. The molecule has 2 aromatic rings. The van der Waals surface area contributed by atoms with Crippen LogP contribution < -0.4 is 5.32 Å². The Morgan fingerprint density at radius 3 is 2.64 bits per heavy atom. The van der Waals surface area contributed by atoms with Crippen molar-refractivity contribution in [2.45, 2.75) is 6.29 Å². The number of hydrogen-bond acceptors (Lipinski definition) is 4. The summed E-state index contributed by atoms with van der Waals surface area (Å²) < 4.78 is 37.0. The summed E-state index contributed by atoms with van der Waals surface area (Å²) in [6.45, 7) is 0. The largest absolute Gasteiger partial charge is 0.348 e. The third kappa shape index (κ3) is 4.08. The lowest BCUT2D eigenvalue weighted by molar-refractivity contribution is 0.102. The Hall–Kier alpha value is -1.87. The molecule has 0 spiro atoms. The molecular weight excluding hydrogens is 345 g/mol. The van der Waals surface area contributed by atoms with Crippen molar-refractivity contribution in [1.29, 1.82) is 0 Å². The third-order valence-corrected chi connectivity index (χ3v) is 3.20. The molecule has 118 valence electrons. The van der Waals surface area contributed by atoms with Gasteiger partial charge in [-0.2, -0.15) is 4.80 Å². The van der Waals surface area contributed by atoms with Gasteiger partial charge < -0.3 is 15.1 Å². The quantitative estimate of drug-likeness (QED) is 0.719. The summed E-state index contributed by atoms with van der Waals surface area (Å²) >= 11 is 5.64. The van der Waals surface area contributed by atoms with Gasteiger partial charge >= 0.3 is 7.60 Å². The van der Waals surface area contributed by atoms with E-state index in [2.05, 4.69) is 15.5 Å². The van der Waals surface area contributed by atoms with Crippen LogP contribution in [0.1, 0.15) is 10.5 Å². The van der Waals surface area contributed by atoms with Gasteiger partial charge in [-0.1, -0.05) is 11.6 Å². The van der Waals surface area contributed by atoms with E-state index in [1.165, 1.54) is 0 Å². The molecule has 1 aromatic heterocycles. The predicted molar refractivity (Wildman–Crippen MR) is 71.4 cm³/mol. The van der Waals surface area contributed by atoms with E-state index in [-0.39, 0.29) is 5.69 Å². The van der Waals surface area contributed by atoms with Gasteiger partial charge in [0.05, 0.1) is 5.69 Å². The number of nitrogens with zero attached hydrogens (tertiary/aromatic N) is 3. The van der Waals surface area contributed by atoms with Gasteiger partial charge in [-0.3, -0.25) is 9.36 Å². The maximum absolute atomic E-state index is 13.4. The molecule has 8 nitrogen and oxygen atoms in total. The Morgan fingerprint density at radius 1 is 1.36 bits per heavy atom. The van der Waals surface area contributed by atoms with Crippen molar-refractivity contribution in [1.82, 2.24) is 15.0 Å². The summed E-state index contributed by atoms with van der Waals surface area (Å²) in [6, 6.07) is 2.50. The highest BCUT2D eigenvalue weighted by molar-refractivity contribution is 7.50. The summed E-state index contributed by atoms with van der Waals surface area (Å²) in [5.74, 6) is -2.79. The first-order valence-electron chi connectivity index (χ1n) is 5.57. The second kappa shape index (κ2) is 6.09. The van der Waals surface area contributed by atoms with Crippen molar-refractivity contribution >= 4 is 30.8 Å². The minimum Gasteiger partial charge on any atom is -0.323 e. The fourth-order valence-electron chi connectivity index (χ4n) is 1.47. The molecule has 1 amide bonds. The first-order valence-corrected chi connectivity index (χ1v) is 7.75. The standard InChI is InChI=1S/C10H8ClF2N4O4P/c11-9-8(15-17(16-9)4-22(19,20)21)10(18)14-7-2-1-5(12)3-6(7)13/h1-3H,4H2,(H,14,18)(H2,19,20,21). The van der Waals surface area contributed by atoms with Crippen molar-refractivity contribution < 1.29 is 27.9 Å². The van der Waals surface area contributed by atoms with E-state index in [9.17, 15) is 18.1 Å². The van der Waals surface area contributed by atoms with E-state index >= 15 is 0 Å². The van der Waals surface area contributed by atoms with Gasteiger partial charge in [0.25, 0.3) is 5.91 Å². The van der Waals surface area contributed by atoms with Gasteiger partial charge in [0.1, 0.15) is 11.6 Å². The normalized spacial score (nSPS) is 11.5. The van der Waals surface area contributed by atoms with Crippen LogP contribution in [0.25, 0.3) is 0 Å². The second-order valence-corrected chi connectivity index (χ2v) is 6.07. The van der Waals surface area contributed by atoms with Crippen molar-refractivity contribution in [3.8, 4) is 0 Å². The number of hydrogen-bond donors (Lipinski definition) is 3. The number of carbonyl (C=O) groups excluding carboxylic acids is 1. The second-order valence-electron chi connectivity index (χ2n) is 4.10. The molecule has 1 aromatic carbocycles. The van der Waals surface area contributed by atoms with Crippen LogP contribution in [-0.4, -0.2) is 30.7 Å². The van der Waals surface area contributed by atoms with E-state index in [0.717, 1.165) is 12.1 Å². The van der Waals surface area contributed by atoms with Gasteiger partial charge in [0.2, 0.25) is 0 Å². The lowest BCUT2D eigenvalue weighted by Gasteiger charge is -2.04. The lowest BCUT2D eigenvalue weighted by atomic mass is 10.3. The van der Waals surface area contributed by atoms with Crippen LogP contribution >= 0.6 is 19.2 Å². The first kappa shape index (κ1) is 16.5. The minimum atomic E-state index is -4.46. The Balaban J connectivity index is 2.21. The summed E-state index contributed by atoms with van der Waals surface area (Å²) in [5.41, 5.74) is -0.772. The number of nitrogens with one attached hydrogen (secondary N) is 1. The molecule has 0 radical (unpaired) electrons. The van der Waals surface area contributed by atoms with Gasteiger partial charge in [-0.25, -0.2) is 8.78 Å². The maximum Gasteiger partial charge on any atom is 0.348 e. The van der Waals surface area contributed by atoms with Crippen LogP contribution in [0, 0.1) is 11.6 Å². The Labute approximate surface area is 126 Å². The summed E-state index contributed by atoms with van der Waals surface area (Å²) in [6.07, 6.45) is -0.870. The molecule has 22 heavy (non-hydrogen) atoms. The highest BCUT2D eigenvalue weighted by atomic mass is 35.5. The molecule has 0 atom stereocenters. The van der Waals surface area contributed by atoms with Crippen molar-refractivity contribution in [3.05, 3.63) is 40.7 Å². The molecule has 0 bridgehead atoms. The molecule has 0 unspecified atom stereocenters. The zero-order chi connectivity index (χ0) is 16.5. The number of benzene rings is 1. The van der Waals surface area contributed by atoms with Crippen LogP contribution in [0.15, 0.2) is 18.2 Å². The molecule has 0 saturated carbocycles. The van der Waals surface area contributed by atoms with Gasteiger partial charge in [-0.15, -0.1) is 10.2 Å². The number of aromatic nitrogens is 3. The van der Waals surface area contributed by atoms with Crippen LogP contribution in [-0.2, 0) is 10.9 Å². The minimum absolute atomic E-state index is 0.313. The van der Waals surface area contributed by atoms with E-state index in [1.807, 2.05) is 0 Å². The lowest BCUT2D eigenvalue weighted by Crippen LogP contribution is -2.15. The molecule has 0 fully saturated rings. The first-order chi connectivity index (χ1) is 10.2. The number of amides is 1. The molecule has 0 aliphatic carbocycles. The Bertz CT molecular complexity index is 778. The highest BCUT2D eigenvalue weighted by Crippen LogP contribution is 2.36. The van der Waals surface area contributed by atoms with Gasteiger partial charge in [-0.05, 0) is 12.1 Å². The molecule has 0 saturated heterocycles. The van der Waals surface area contributed by atoms with E-state index in [0.29, 0.717) is 10.9 Å². The molecule has 3 N–H and O–H groups in total. The molecule has 2 rings (SSSR count). The van der Waals surface area contributed by atoms with Crippen molar-refractivity contribution in [2.24, 2.45) is 0 Å². The van der Waals surface area contributed by atoms with Crippen molar-refractivity contribution in [3.63, 3.8) is 0 Å². The third-order valence-electron chi connectivity index (χ3n) is 2.32. The smallest absolute Gasteiger partial charge is 0.323 e. The molecule has 0 aliphatic rings. The zero-order valence-electron chi connectivity index (χ0n) is 10.6. The maximum atomic E-state index is 13.4. The average molecular weight is 353 g/mol. The summed E-state index contributed by atoms with van der Waals surface area (Å²) in [7, 11) is -4.46. The Morgan fingerprint density at radius 2 is 2.05 bits per heavy atom. The van der Waals surface area contributed by atoms with Gasteiger partial charge in [0.15, 0.2) is 17.1 Å². The van der Waals surface area contributed by atoms with E-state index in [1.54, 1.807) is 0 Å². The molecule has 1 heterocycles. The van der Waals surface area contributed by atoms with Gasteiger partial charge in [0, 0.05) is 6.07 Å². The van der Waals surface area contributed by atoms with Crippen LogP contribution in [0.4, 0.5) is 14.5 Å². The number of anilines is 1. The average Bonchev–Trinajstić information content (AvgIpc) is 2.71. The topological polar surface area (TPSA) is 117 Å². The van der Waals surface area contributed by atoms with Crippen LogP contribution in [0.3, 0.4) is 0 Å². The SMILES string of the molecule is O=C(Nc1ccc(F)cc1F)c1nn(CP(=O)(O)O)nc1Cl. The Kier molecular flexibility index (Phi) is 4.57. The zero-order valence-corrected chi connectivity index (χ0v) is 12.2. The number of carbonyl (C=O) groups is 1. The van der Waals surface area contributed by atoms with E-state index < -0.39 is 42.3 Å². The number of halogens is 3. The molecular formula is C10H8ClF2N4O4P. The molecule has 12 heteroatoms. The monoisotopic (exact) mass is 352 g/mol. The number of rotatable bonds is 4.